The Labute approximate surface area is 171 Å². The van der Waals surface area contributed by atoms with Crippen molar-refractivity contribution in [2.24, 2.45) is 0 Å². The molecular weight excluding hydrogens is 362 g/mol. The molecule has 3 aromatic rings. The van der Waals surface area contributed by atoms with Gasteiger partial charge < -0.3 is 9.80 Å². The van der Waals surface area contributed by atoms with Crippen molar-refractivity contribution in [2.45, 2.75) is 24.9 Å². The van der Waals surface area contributed by atoms with Crippen LogP contribution in [0.5, 0.6) is 0 Å². The number of likely N-dealkylation sites (N-methyl/N-ethyl adjacent to an activating group) is 2. The molecule has 0 aliphatic carbocycles. The number of carbonyl (C=O) groups excluding carboxylic acids is 1. The van der Waals surface area contributed by atoms with Gasteiger partial charge in [0.2, 0.25) is 0 Å². The van der Waals surface area contributed by atoms with Gasteiger partial charge >= 0.3 is 0 Å². The molecule has 1 aliphatic heterocycles. The Kier molecular flexibility index (Phi) is 5.71. The van der Waals surface area contributed by atoms with E-state index < -0.39 is 0 Å². The maximum absolute atomic E-state index is 12.9. The predicted molar refractivity (Wildman–Crippen MR) is 113 cm³/mol. The molecule has 1 fully saturated rings. The molecule has 0 radical (unpaired) electrons. The van der Waals surface area contributed by atoms with Gasteiger partial charge in [0.05, 0.1) is 6.20 Å². The summed E-state index contributed by atoms with van der Waals surface area (Å²) < 4.78 is 1.79. The number of hydrogen-bond acceptors (Lipinski definition) is 4. The van der Waals surface area contributed by atoms with E-state index in [4.69, 9.17) is 0 Å². The molecule has 1 aliphatic rings. The highest BCUT2D eigenvalue weighted by atomic mass is 16.2. The number of benzene rings is 2. The second kappa shape index (κ2) is 8.57. The summed E-state index contributed by atoms with van der Waals surface area (Å²) in [6, 6.07) is 20.6. The van der Waals surface area contributed by atoms with Gasteiger partial charge in [-0.3, -0.25) is 4.79 Å². The van der Waals surface area contributed by atoms with Crippen molar-refractivity contribution < 1.29 is 4.79 Å². The standard InChI is InChI=1S/C23H27N5O/c1-26-15-9-14-20(26)16-27(2)23(29)21-17-28(25-24-21)22(18-10-5-3-6-11-18)19-12-7-4-8-13-19/h3-8,10-13,17,20,22H,9,14-16H2,1-2H3. The highest BCUT2D eigenvalue weighted by Crippen LogP contribution is 2.26. The molecule has 4 rings (SSSR count). The fraction of sp³-hybridized carbons (Fsp3) is 0.348. The molecule has 6 nitrogen and oxygen atoms in total. The number of nitrogens with zero attached hydrogens (tertiary/aromatic N) is 5. The molecule has 1 amide bonds. The number of carbonyl (C=O) groups is 1. The van der Waals surface area contributed by atoms with Gasteiger partial charge in [0, 0.05) is 19.6 Å². The van der Waals surface area contributed by atoms with Gasteiger partial charge in [-0.05, 0) is 37.6 Å². The quantitative estimate of drug-likeness (QED) is 0.650. The third-order valence-corrected chi connectivity index (χ3v) is 5.73. The Morgan fingerprint density at radius 1 is 1.10 bits per heavy atom. The lowest BCUT2D eigenvalue weighted by Crippen LogP contribution is -2.39. The summed E-state index contributed by atoms with van der Waals surface area (Å²) in [5.74, 6) is -0.0866. The first-order valence-electron chi connectivity index (χ1n) is 10.1. The van der Waals surface area contributed by atoms with E-state index in [-0.39, 0.29) is 11.9 Å². The van der Waals surface area contributed by atoms with Crippen LogP contribution in [0.25, 0.3) is 0 Å². The van der Waals surface area contributed by atoms with Crippen LogP contribution in [0.4, 0.5) is 0 Å². The molecule has 6 heteroatoms. The summed E-state index contributed by atoms with van der Waals surface area (Å²) in [6.07, 6.45) is 4.09. The van der Waals surface area contributed by atoms with Crippen LogP contribution in [0.1, 0.15) is 40.5 Å². The van der Waals surface area contributed by atoms with Crippen LogP contribution in [0, 0.1) is 0 Å². The molecule has 2 aromatic carbocycles. The first-order chi connectivity index (χ1) is 14.1. The Morgan fingerprint density at radius 2 is 1.72 bits per heavy atom. The van der Waals surface area contributed by atoms with E-state index in [1.54, 1.807) is 15.8 Å². The Bertz CT molecular complexity index is 901. The van der Waals surface area contributed by atoms with Gasteiger partial charge in [0.15, 0.2) is 5.69 Å². The van der Waals surface area contributed by atoms with Crippen LogP contribution < -0.4 is 0 Å². The molecule has 150 valence electrons. The van der Waals surface area contributed by atoms with E-state index >= 15 is 0 Å². The summed E-state index contributed by atoms with van der Waals surface area (Å²) in [7, 11) is 3.97. The molecule has 1 unspecified atom stereocenters. The van der Waals surface area contributed by atoms with Gasteiger partial charge in [-0.1, -0.05) is 65.9 Å². The van der Waals surface area contributed by atoms with E-state index in [2.05, 4.69) is 46.5 Å². The van der Waals surface area contributed by atoms with Gasteiger partial charge in [-0.15, -0.1) is 5.10 Å². The van der Waals surface area contributed by atoms with Crippen LogP contribution >= 0.6 is 0 Å². The van der Waals surface area contributed by atoms with E-state index in [1.807, 2.05) is 43.4 Å². The van der Waals surface area contributed by atoms with Crippen LogP contribution in [-0.2, 0) is 0 Å². The normalized spacial score (nSPS) is 17.0. The number of aromatic nitrogens is 3. The molecule has 1 atom stereocenters. The molecule has 2 heterocycles. The predicted octanol–water partition coefficient (Wildman–Crippen LogP) is 3.08. The Morgan fingerprint density at radius 3 is 2.28 bits per heavy atom. The van der Waals surface area contributed by atoms with E-state index in [0.717, 1.165) is 24.1 Å². The lowest BCUT2D eigenvalue weighted by atomic mass is 9.99. The first-order valence-corrected chi connectivity index (χ1v) is 10.1. The monoisotopic (exact) mass is 389 g/mol. The maximum atomic E-state index is 12.9. The minimum absolute atomic E-state index is 0.0866. The number of hydrogen-bond donors (Lipinski definition) is 0. The van der Waals surface area contributed by atoms with Crippen molar-refractivity contribution in [3.05, 3.63) is 83.7 Å². The van der Waals surface area contributed by atoms with E-state index in [9.17, 15) is 4.79 Å². The number of amides is 1. The van der Waals surface area contributed by atoms with Crippen molar-refractivity contribution in [2.75, 3.05) is 27.2 Å². The largest absolute Gasteiger partial charge is 0.339 e. The minimum atomic E-state index is -0.127. The van der Waals surface area contributed by atoms with Crippen molar-refractivity contribution in [1.82, 2.24) is 24.8 Å². The van der Waals surface area contributed by atoms with Crippen LogP contribution in [0.15, 0.2) is 66.9 Å². The average Bonchev–Trinajstić information content (AvgIpc) is 3.39. The highest BCUT2D eigenvalue weighted by Gasteiger charge is 2.26. The molecule has 0 N–H and O–H groups in total. The zero-order valence-electron chi connectivity index (χ0n) is 17.0. The zero-order valence-corrected chi connectivity index (χ0v) is 17.0. The third-order valence-electron chi connectivity index (χ3n) is 5.73. The smallest absolute Gasteiger partial charge is 0.275 e. The lowest BCUT2D eigenvalue weighted by molar-refractivity contribution is 0.0755. The van der Waals surface area contributed by atoms with Crippen molar-refractivity contribution >= 4 is 5.91 Å². The molecule has 0 saturated carbocycles. The summed E-state index contributed by atoms with van der Waals surface area (Å²) in [5.41, 5.74) is 2.58. The summed E-state index contributed by atoms with van der Waals surface area (Å²) >= 11 is 0. The van der Waals surface area contributed by atoms with Gasteiger partial charge in [0.1, 0.15) is 6.04 Å². The topological polar surface area (TPSA) is 54.3 Å². The van der Waals surface area contributed by atoms with E-state index in [0.29, 0.717) is 18.3 Å². The Balaban J connectivity index is 1.58. The fourth-order valence-corrected chi connectivity index (χ4v) is 4.07. The van der Waals surface area contributed by atoms with Crippen LogP contribution in [0.2, 0.25) is 0 Å². The van der Waals surface area contributed by atoms with Gasteiger partial charge in [0.25, 0.3) is 5.91 Å². The van der Waals surface area contributed by atoms with Crippen LogP contribution in [0.3, 0.4) is 0 Å². The second-order valence-electron chi connectivity index (χ2n) is 7.77. The molecule has 29 heavy (non-hydrogen) atoms. The summed E-state index contributed by atoms with van der Waals surface area (Å²) in [6.45, 7) is 1.81. The molecule has 0 spiro atoms. The van der Waals surface area contributed by atoms with Gasteiger partial charge in [-0.25, -0.2) is 4.68 Å². The lowest BCUT2D eigenvalue weighted by Gasteiger charge is -2.25. The zero-order chi connectivity index (χ0) is 20.2. The molecule has 1 saturated heterocycles. The number of rotatable bonds is 6. The van der Waals surface area contributed by atoms with E-state index in [1.165, 1.54) is 6.42 Å². The molecule has 1 aromatic heterocycles. The third kappa shape index (κ3) is 4.22. The fourth-order valence-electron chi connectivity index (χ4n) is 4.07. The SMILES string of the molecule is CN(CC1CCCN1C)C(=O)c1cn(C(c2ccccc2)c2ccccc2)nn1. The highest BCUT2D eigenvalue weighted by molar-refractivity contribution is 5.91. The molecule has 0 bridgehead atoms. The first kappa shape index (κ1) is 19.3. The molecular formula is C23H27N5O. The van der Waals surface area contributed by atoms with Crippen molar-refractivity contribution in [1.29, 1.82) is 0 Å². The van der Waals surface area contributed by atoms with Crippen molar-refractivity contribution in [3.63, 3.8) is 0 Å². The van der Waals surface area contributed by atoms with Gasteiger partial charge in [-0.2, -0.15) is 0 Å². The summed E-state index contributed by atoms with van der Waals surface area (Å²) in [5, 5.41) is 8.54. The number of likely N-dealkylation sites (tertiary alicyclic amines) is 1. The Hall–Kier alpha value is -2.99. The average molecular weight is 390 g/mol. The second-order valence-corrected chi connectivity index (χ2v) is 7.77. The summed E-state index contributed by atoms with van der Waals surface area (Å²) in [4.78, 5) is 17.0. The van der Waals surface area contributed by atoms with Crippen molar-refractivity contribution in [3.8, 4) is 0 Å². The maximum Gasteiger partial charge on any atom is 0.275 e. The minimum Gasteiger partial charge on any atom is -0.339 e. The van der Waals surface area contributed by atoms with Crippen LogP contribution in [-0.4, -0.2) is 63.9 Å².